The third-order valence-corrected chi connectivity index (χ3v) is 2.56. The first-order valence-corrected chi connectivity index (χ1v) is 5.93. The van der Waals surface area contributed by atoms with Gasteiger partial charge in [-0.2, -0.15) is 13.2 Å². The second-order valence-electron chi connectivity index (χ2n) is 3.70. The van der Waals surface area contributed by atoms with Crippen LogP contribution in [0.4, 0.5) is 13.2 Å². The molecule has 0 amide bonds. The maximum Gasteiger partial charge on any atom is 0.432 e. The van der Waals surface area contributed by atoms with Gasteiger partial charge in [0, 0.05) is 24.5 Å². The Kier molecular flexibility index (Phi) is 5.35. The molecule has 3 nitrogen and oxygen atoms in total. The van der Waals surface area contributed by atoms with E-state index in [9.17, 15) is 13.2 Å². The number of pyridine rings is 1. The van der Waals surface area contributed by atoms with Gasteiger partial charge in [0.25, 0.3) is 0 Å². The Morgan fingerprint density at radius 3 is 2.63 bits per heavy atom. The van der Waals surface area contributed by atoms with Crippen LogP contribution in [0, 0.1) is 0 Å². The second-order valence-corrected chi connectivity index (χ2v) is 4.08. The Balaban J connectivity index is 3.28. The Labute approximate surface area is 114 Å². The Morgan fingerprint density at radius 2 is 2.16 bits per heavy atom. The fourth-order valence-electron chi connectivity index (χ4n) is 1.27. The van der Waals surface area contributed by atoms with Crippen LogP contribution in [-0.2, 0) is 0 Å². The maximum absolute atomic E-state index is 12.6. The summed E-state index contributed by atoms with van der Waals surface area (Å²) in [6, 6.07) is 3.16. The molecule has 0 aliphatic rings. The highest BCUT2D eigenvalue weighted by Gasteiger charge is 2.35. The van der Waals surface area contributed by atoms with Gasteiger partial charge in [-0.25, -0.2) is 0 Å². The number of hydrogen-bond acceptors (Lipinski definition) is 3. The Hall–Kier alpha value is -1.56. The summed E-state index contributed by atoms with van der Waals surface area (Å²) in [6.07, 6.45) is -1.11. The molecule has 0 saturated heterocycles. The largest absolute Gasteiger partial charge is 0.432 e. The van der Waals surface area contributed by atoms with E-state index in [-0.39, 0.29) is 5.71 Å². The van der Waals surface area contributed by atoms with E-state index in [1.165, 1.54) is 12.4 Å². The molecule has 0 unspecified atom stereocenters. The van der Waals surface area contributed by atoms with E-state index in [2.05, 4.69) is 9.98 Å². The van der Waals surface area contributed by atoms with Crippen molar-refractivity contribution in [2.75, 3.05) is 6.54 Å². The van der Waals surface area contributed by atoms with Crippen LogP contribution in [0.3, 0.4) is 0 Å². The molecule has 7 heteroatoms. The summed E-state index contributed by atoms with van der Waals surface area (Å²) in [5.74, 6) is 0. The zero-order valence-electron chi connectivity index (χ0n) is 10.2. The van der Waals surface area contributed by atoms with Crippen molar-refractivity contribution in [1.82, 2.24) is 4.98 Å². The van der Waals surface area contributed by atoms with Crippen molar-refractivity contribution in [3.63, 3.8) is 0 Å². The van der Waals surface area contributed by atoms with Crippen molar-refractivity contribution in [2.24, 2.45) is 10.7 Å². The molecule has 0 atom stereocenters. The average molecular weight is 292 g/mol. The molecule has 0 saturated carbocycles. The number of aromatic nitrogens is 1. The fourth-order valence-corrected chi connectivity index (χ4v) is 1.54. The lowest BCUT2D eigenvalue weighted by Crippen LogP contribution is -2.23. The zero-order chi connectivity index (χ0) is 14.5. The standard InChI is InChI=1S/C12H13ClF3N3/c1-2-5-19-10(8-4-3-6-18-7-8)9(13)11(17)12(14,15)16/h3-4,6-7H,2,5,17H2,1H3. The fraction of sp³-hybridized carbons (Fsp3) is 0.333. The lowest BCUT2D eigenvalue weighted by molar-refractivity contribution is -0.0927. The lowest BCUT2D eigenvalue weighted by atomic mass is 10.1. The smallest absolute Gasteiger partial charge is 0.393 e. The van der Waals surface area contributed by atoms with Gasteiger partial charge in [-0.3, -0.25) is 9.98 Å². The number of halogens is 4. The van der Waals surface area contributed by atoms with Gasteiger partial charge < -0.3 is 5.73 Å². The highest BCUT2D eigenvalue weighted by atomic mass is 35.5. The van der Waals surface area contributed by atoms with Crippen LogP contribution in [0.2, 0.25) is 0 Å². The first-order chi connectivity index (χ1) is 8.88. The van der Waals surface area contributed by atoms with E-state index in [0.717, 1.165) is 0 Å². The summed E-state index contributed by atoms with van der Waals surface area (Å²) in [5.41, 5.74) is 4.07. The van der Waals surface area contributed by atoms with E-state index in [1.54, 1.807) is 12.1 Å². The molecular formula is C12H13ClF3N3. The van der Waals surface area contributed by atoms with Crippen LogP contribution in [0.1, 0.15) is 18.9 Å². The molecule has 2 N–H and O–H groups in total. The number of nitrogens with two attached hydrogens (primary N) is 1. The minimum Gasteiger partial charge on any atom is -0.393 e. The van der Waals surface area contributed by atoms with Crippen LogP contribution in [0.5, 0.6) is 0 Å². The van der Waals surface area contributed by atoms with E-state index in [4.69, 9.17) is 17.3 Å². The van der Waals surface area contributed by atoms with Gasteiger partial charge in [0.15, 0.2) is 0 Å². The summed E-state index contributed by atoms with van der Waals surface area (Å²) in [6.45, 7) is 2.21. The van der Waals surface area contributed by atoms with Gasteiger partial charge in [-0.05, 0) is 18.6 Å². The van der Waals surface area contributed by atoms with Gasteiger partial charge >= 0.3 is 6.18 Å². The molecule has 0 spiro atoms. The topological polar surface area (TPSA) is 51.3 Å². The minimum atomic E-state index is -4.69. The van der Waals surface area contributed by atoms with Crippen LogP contribution < -0.4 is 5.73 Å². The van der Waals surface area contributed by atoms with Crippen molar-refractivity contribution in [3.05, 3.63) is 40.8 Å². The summed E-state index contributed by atoms with van der Waals surface area (Å²) < 4.78 is 37.7. The third-order valence-electron chi connectivity index (χ3n) is 2.18. The SMILES string of the molecule is CCCN=C(C(Cl)=C(N)C(F)(F)F)c1cccnc1. The molecule has 0 fully saturated rings. The number of nitrogens with zero attached hydrogens (tertiary/aromatic N) is 2. The molecule has 0 aromatic carbocycles. The summed E-state index contributed by atoms with van der Waals surface area (Å²) >= 11 is 5.73. The lowest BCUT2D eigenvalue weighted by Gasteiger charge is -2.11. The molecule has 0 aliphatic heterocycles. The molecular weight excluding hydrogens is 279 g/mol. The first kappa shape index (κ1) is 15.5. The third kappa shape index (κ3) is 4.24. The molecule has 0 radical (unpaired) electrons. The van der Waals surface area contributed by atoms with Crippen molar-refractivity contribution >= 4 is 17.3 Å². The molecule has 104 valence electrons. The molecule has 0 aliphatic carbocycles. The summed E-state index contributed by atoms with van der Waals surface area (Å²) in [4.78, 5) is 7.89. The number of aliphatic imine (C=N–C) groups is 1. The van der Waals surface area contributed by atoms with Crippen molar-refractivity contribution in [1.29, 1.82) is 0 Å². The van der Waals surface area contributed by atoms with Gasteiger partial charge in [-0.15, -0.1) is 0 Å². The van der Waals surface area contributed by atoms with Gasteiger partial charge in [0.05, 0.1) is 10.7 Å². The number of allylic oxidation sites excluding steroid dienone is 2. The minimum absolute atomic E-state index is 0.00596. The van der Waals surface area contributed by atoms with Crippen LogP contribution in [0.15, 0.2) is 40.2 Å². The van der Waals surface area contributed by atoms with Crippen molar-refractivity contribution < 1.29 is 13.2 Å². The maximum atomic E-state index is 12.6. The van der Waals surface area contributed by atoms with Gasteiger partial charge in [0.2, 0.25) is 0 Å². The normalized spacial score (nSPS) is 14.3. The monoisotopic (exact) mass is 291 g/mol. The molecule has 0 bridgehead atoms. The highest BCUT2D eigenvalue weighted by Crippen LogP contribution is 2.27. The van der Waals surface area contributed by atoms with Crippen molar-refractivity contribution in [2.45, 2.75) is 19.5 Å². The molecule has 19 heavy (non-hydrogen) atoms. The molecule has 1 aromatic heterocycles. The average Bonchev–Trinajstić information content (AvgIpc) is 2.38. The number of rotatable bonds is 4. The molecule has 1 aromatic rings. The molecule has 1 heterocycles. The van der Waals surface area contributed by atoms with Gasteiger partial charge in [0.1, 0.15) is 5.70 Å². The first-order valence-electron chi connectivity index (χ1n) is 5.55. The van der Waals surface area contributed by atoms with E-state index >= 15 is 0 Å². The van der Waals surface area contributed by atoms with Crippen LogP contribution in [-0.4, -0.2) is 23.4 Å². The molecule has 1 rings (SSSR count). The zero-order valence-corrected chi connectivity index (χ0v) is 11.0. The van der Waals surface area contributed by atoms with Gasteiger partial charge in [-0.1, -0.05) is 18.5 Å². The van der Waals surface area contributed by atoms with Crippen molar-refractivity contribution in [3.8, 4) is 0 Å². The quantitative estimate of drug-likeness (QED) is 0.866. The van der Waals surface area contributed by atoms with E-state index in [0.29, 0.717) is 18.5 Å². The summed E-state index contributed by atoms with van der Waals surface area (Å²) in [5, 5.41) is -0.603. The van der Waals surface area contributed by atoms with E-state index in [1.807, 2.05) is 6.92 Å². The summed E-state index contributed by atoms with van der Waals surface area (Å²) in [7, 11) is 0. The van der Waals surface area contributed by atoms with Crippen LogP contribution in [0.25, 0.3) is 0 Å². The predicted octanol–water partition coefficient (Wildman–Crippen LogP) is 3.25. The number of hydrogen-bond donors (Lipinski definition) is 1. The highest BCUT2D eigenvalue weighted by molar-refractivity contribution is 6.46. The second kappa shape index (κ2) is 6.56. The van der Waals surface area contributed by atoms with E-state index < -0.39 is 16.9 Å². The Bertz CT molecular complexity index is 481. The predicted molar refractivity (Wildman–Crippen MR) is 69.1 cm³/mol. The van der Waals surface area contributed by atoms with Crippen LogP contribution >= 0.6 is 11.6 Å². The number of alkyl halides is 3. The Morgan fingerprint density at radius 1 is 1.47 bits per heavy atom.